The number of aliphatic hydroxyl groups is 2. The first kappa shape index (κ1) is 11.6. The number of esters is 1. The van der Waals surface area contributed by atoms with Crippen LogP contribution in [0.2, 0.25) is 0 Å². The Morgan fingerprint density at radius 1 is 1.53 bits per heavy atom. The van der Waals surface area contributed by atoms with Crippen molar-refractivity contribution in [1.29, 1.82) is 0 Å². The number of carbonyl (C=O) groups excluding carboxylic acids is 1. The second kappa shape index (κ2) is 4.52. The van der Waals surface area contributed by atoms with Gasteiger partial charge in [0.1, 0.15) is 11.8 Å². The van der Waals surface area contributed by atoms with Gasteiger partial charge in [-0.2, -0.15) is 0 Å². The molecule has 2 heterocycles. The molecule has 2 aromatic rings. The van der Waals surface area contributed by atoms with E-state index in [1.165, 1.54) is 6.20 Å². The zero-order valence-corrected chi connectivity index (χ0v) is 9.12. The van der Waals surface area contributed by atoms with Crippen molar-refractivity contribution in [1.82, 2.24) is 9.97 Å². The lowest BCUT2D eigenvalue weighted by Crippen LogP contribution is -2.29. The third-order valence-corrected chi connectivity index (χ3v) is 2.50. The SMILES string of the molecule is COC(=O)C(O)C(O)c1cnc2[nH]ccc2c1. The average molecular weight is 236 g/mol. The summed E-state index contributed by atoms with van der Waals surface area (Å²) in [6.45, 7) is 0. The molecule has 0 aliphatic carbocycles. The number of ether oxygens (including phenoxy) is 1. The second-order valence-electron chi connectivity index (χ2n) is 3.60. The Hall–Kier alpha value is -1.92. The number of rotatable bonds is 3. The van der Waals surface area contributed by atoms with Crippen LogP contribution in [0.4, 0.5) is 0 Å². The van der Waals surface area contributed by atoms with Gasteiger partial charge in [-0.25, -0.2) is 9.78 Å². The summed E-state index contributed by atoms with van der Waals surface area (Å²) in [7, 11) is 1.14. The number of methoxy groups -OCH3 is 1. The number of fused-ring (bicyclic) bond motifs is 1. The number of nitrogens with zero attached hydrogens (tertiary/aromatic N) is 1. The van der Waals surface area contributed by atoms with Crippen LogP contribution in [-0.2, 0) is 9.53 Å². The number of aromatic amines is 1. The van der Waals surface area contributed by atoms with Gasteiger partial charge in [-0.05, 0) is 12.1 Å². The van der Waals surface area contributed by atoms with Crippen molar-refractivity contribution < 1.29 is 19.7 Å². The molecule has 0 bridgehead atoms. The second-order valence-corrected chi connectivity index (χ2v) is 3.60. The maximum absolute atomic E-state index is 11.1. The summed E-state index contributed by atoms with van der Waals surface area (Å²) in [5.74, 6) is -0.883. The molecule has 0 spiro atoms. The third-order valence-electron chi connectivity index (χ3n) is 2.50. The molecule has 2 atom stereocenters. The minimum Gasteiger partial charge on any atom is -0.467 e. The van der Waals surface area contributed by atoms with E-state index in [9.17, 15) is 15.0 Å². The topological polar surface area (TPSA) is 95.4 Å². The molecule has 3 N–H and O–H groups in total. The quantitative estimate of drug-likeness (QED) is 0.658. The monoisotopic (exact) mass is 236 g/mol. The number of carbonyl (C=O) groups is 1. The van der Waals surface area contributed by atoms with Gasteiger partial charge in [0.2, 0.25) is 0 Å². The summed E-state index contributed by atoms with van der Waals surface area (Å²) in [6, 6.07) is 3.43. The molecule has 2 aromatic heterocycles. The predicted molar refractivity (Wildman–Crippen MR) is 59.1 cm³/mol. The predicted octanol–water partition coefficient (Wildman–Crippen LogP) is 0.130. The summed E-state index contributed by atoms with van der Waals surface area (Å²) in [5, 5.41) is 20.1. The van der Waals surface area contributed by atoms with Crippen LogP contribution in [0.3, 0.4) is 0 Å². The van der Waals surface area contributed by atoms with E-state index in [1.54, 1.807) is 18.3 Å². The summed E-state index contributed by atoms with van der Waals surface area (Å²) in [6.07, 6.45) is 0.146. The van der Waals surface area contributed by atoms with Gasteiger partial charge in [-0.3, -0.25) is 0 Å². The van der Waals surface area contributed by atoms with Crippen LogP contribution in [0.5, 0.6) is 0 Å². The average Bonchev–Trinajstić information content (AvgIpc) is 2.83. The van der Waals surface area contributed by atoms with Crippen LogP contribution >= 0.6 is 0 Å². The van der Waals surface area contributed by atoms with E-state index in [1.807, 2.05) is 0 Å². The van der Waals surface area contributed by atoms with Crippen LogP contribution in [0, 0.1) is 0 Å². The van der Waals surface area contributed by atoms with Crippen molar-refractivity contribution in [2.24, 2.45) is 0 Å². The van der Waals surface area contributed by atoms with Gasteiger partial charge in [-0.1, -0.05) is 0 Å². The van der Waals surface area contributed by atoms with Crippen LogP contribution in [0.15, 0.2) is 24.5 Å². The highest BCUT2D eigenvalue weighted by Gasteiger charge is 2.26. The zero-order valence-electron chi connectivity index (χ0n) is 9.12. The van der Waals surface area contributed by atoms with Crippen LogP contribution < -0.4 is 0 Å². The fourth-order valence-corrected chi connectivity index (χ4v) is 1.55. The van der Waals surface area contributed by atoms with E-state index in [4.69, 9.17) is 0 Å². The smallest absolute Gasteiger partial charge is 0.337 e. The van der Waals surface area contributed by atoms with Crippen LogP contribution in [0.1, 0.15) is 11.7 Å². The number of aliphatic hydroxyl groups excluding tert-OH is 2. The lowest BCUT2D eigenvalue weighted by molar-refractivity contribution is -0.156. The minimum atomic E-state index is -1.61. The van der Waals surface area contributed by atoms with Gasteiger partial charge in [0.05, 0.1) is 7.11 Å². The first-order chi connectivity index (χ1) is 8.13. The van der Waals surface area contributed by atoms with Crippen molar-refractivity contribution in [2.45, 2.75) is 12.2 Å². The molecule has 2 unspecified atom stereocenters. The van der Waals surface area contributed by atoms with Crippen LogP contribution in [0.25, 0.3) is 11.0 Å². The summed E-state index contributed by atoms with van der Waals surface area (Å²) in [5.41, 5.74) is 1.03. The number of hydrogen-bond donors (Lipinski definition) is 3. The van der Waals surface area contributed by atoms with Gasteiger partial charge < -0.3 is 19.9 Å². The molecule has 0 radical (unpaired) electrons. The molecule has 0 amide bonds. The zero-order chi connectivity index (χ0) is 12.4. The summed E-state index contributed by atoms with van der Waals surface area (Å²) >= 11 is 0. The fourth-order valence-electron chi connectivity index (χ4n) is 1.55. The molecule has 0 fully saturated rings. The van der Waals surface area contributed by atoms with Crippen molar-refractivity contribution in [3.8, 4) is 0 Å². The summed E-state index contributed by atoms with van der Waals surface area (Å²) < 4.78 is 4.35. The highest BCUT2D eigenvalue weighted by atomic mass is 16.5. The Bertz CT molecular complexity index is 537. The molecule has 0 saturated heterocycles. The molecule has 2 rings (SSSR count). The van der Waals surface area contributed by atoms with Crippen molar-refractivity contribution in [3.05, 3.63) is 30.1 Å². The van der Waals surface area contributed by atoms with E-state index in [0.29, 0.717) is 11.2 Å². The standard InChI is InChI=1S/C11H12N2O4/c1-17-11(16)9(15)8(14)7-4-6-2-3-12-10(6)13-5-7/h2-5,8-9,14-15H,1H3,(H,12,13). The molecule has 0 saturated carbocycles. The Kier molecular flexibility index (Phi) is 3.08. The molecule has 0 aromatic carbocycles. The maximum Gasteiger partial charge on any atom is 0.337 e. The van der Waals surface area contributed by atoms with Crippen molar-refractivity contribution >= 4 is 17.0 Å². The largest absolute Gasteiger partial charge is 0.467 e. The number of pyridine rings is 1. The van der Waals surface area contributed by atoms with E-state index >= 15 is 0 Å². The van der Waals surface area contributed by atoms with E-state index in [-0.39, 0.29) is 0 Å². The maximum atomic E-state index is 11.1. The minimum absolute atomic E-state index is 0.356. The molecule has 0 aliphatic rings. The molecule has 17 heavy (non-hydrogen) atoms. The van der Waals surface area contributed by atoms with Gasteiger partial charge in [0.25, 0.3) is 0 Å². The first-order valence-electron chi connectivity index (χ1n) is 5.00. The van der Waals surface area contributed by atoms with E-state index < -0.39 is 18.2 Å². The van der Waals surface area contributed by atoms with E-state index in [0.717, 1.165) is 12.5 Å². The van der Waals surface area contributed by atoms with Crippen molar-refractivity contribution in [3.63, 3.8) is 0 Å². The fraction of sp³-hybridized carbons (Fsp3) is 0.273. The molecule has 6 heteroatoms. The Morgan fingerprint density at radius 3 is 3.00 bits per heavy atom. The Balaban J connectivity index is 2.29. The first-order valence-corrected chi connectivity index (χ1v) is 5.00. The van der Waals surface area contributed by atoms with Crippen molar-refractivity contribution in [2.75, 3.05) is 7.11 Å². The number of nitrogens with one attached hydrogen (secondary N) is 1. The van der Waals surface area contributed by atoms with E-state index in [2.05, 4.69) is 14.7 Å². The Morgan fingerprint density at radius 2 is 2.29 bits per heavy atom. The molecule has 6 nitrogen and oxygen atoms in total. The molecular formula is C11H12N2O4. The lowest BCUT2D eigenvalue weighted by atomic mass is 10.1. The summed E-state index contributed by atoms with van der Waals surface area (Å²) in [4.78, 5) is 18.0. The number of aromatic nitrogens is 2. The highest BCUT2D eigenvalue weighted by Crippen LogP contribution is 2.20. The normalized spacial score (nSPS) is 14.5. The number of hydrogen-bond acceptors (Lipinski definition) is 5. The van der Waals surface area contributed by atoms with Gasteiger partial charge in [0, 0.05) is 23.3 Å². The number of H-pyrrole nitrogens is 1. The Labute approximate surface area is 96.9 Å². The molecule has 90 valence electrons. The van der Waals surface area contributed by atoms with Gasteiger partial charge in [0.15, 0.2) is 6.10 Å². The van der Waals surface area contributed by atoms with Gasteiger partial charge >= 0.3 is 5.97 Å². The molecular weight excluding hydrogens is 224 g/mol. The van der Waals surface area contributed by atoms with Crippen LogP contribution in [-0.4, -0.2) is 39.4 Å². The van der Waals surface area contributed by atoms with Gasteiger partial charge in [-0.15, -0.1) is 0 Å². The lowest BCUT2D eigenvalue weighted by Gasteiger charge is -2.15. The molecule has 0 aliphatic heterocycles. The highest BCUT2D eigenvalue weighted by molar-refractivity contribution is 5.77. The third kappa shape index (κ3) is 2.13.